The van der Waals surface area contributed by atoms with Crippen molar-refractivity contribution in [2.75, 3.05) is 31.9 Å². The lowest BCUT2D eigenvalue weighted by Gasteiger charge is -2.34. The maximum Gasteiger partial charge on any atom is 0.272 e. The summed E-state index contributed by atoms with van der Waals surface area (Å²) in [6, 6.07) is 8.34. The zero-order valence-corrected chi connectivity index (χ0v) is 15.9. The molecule has 26 heavy (non-hydrogen) atoms. The van der Waals surface area contributed by atoms with E-state index in [-0.39, 0.29) is 11.7 Å². The van der Waals surface area contributed by atoms with Gasteiger partial charge in [-0.2, -0.15) is 0 Å². The Balaban J connectivity index is 1.59. The molecule has 1 aliphatic rings. The summed E-state index contributed by atoms with van der Waals surface area (Å²) in [5.74, 6) is 0.624. The molecule has 2 aromatic rings. The zero-order chi connectivity index (χ0) is 18.5. The van der Waals surface area contributed by atoms with E-state index in [2.05, 4.69) is 14.9 Å². The lowest BCUT2D eigenvalue weighted by atomic mass is 10.2. The van der Waals surface area contributed by atoms with Crippen molar-refractivity contribution in [1.29, 1.82) is 0 Å². The molecule has 1 aromatic carbocycles. The summed E-state index contributed by atoms with van der Waals surface area (Å²) in [7, 11) is 0. The molecule has 2 heterocycles. The average Bonchev–Trinajstić information content (AvgIpc) is 2.63. The number of piperazine rings is 1. The van der Waals surface area contributed by atoms with Crippen molar-refractivity contribution < 1.29 is 9.18 Å². The van der Waals surface area contributed by atoms with Crippen LogP contribution in [0.4, 0.5) is 4.39 Å². The second-order valence-corrected chi connectivity index (χ2v) is 7.54. The highest BCUT2D eigenvalue weighted by molar-refractivity contribution is 7.99. The van der Waals surface area contributed by atoms with Crippen molar-refractivity contribution in [3.05, 3.63) is 53.1 Å². The summed E-state index contributed by atoms with van der Waals surface area (Å²) in [4.78, 5) is 25.7. The van der Waals surface area contributed by atoms with Gasteiger partial charge in [-0.05, 0) is 36.4 Å². The summed E-state index contributed by atoms with van der Waals surface area (Å²) in [6.07, 6.45) is 0. The smallest absolute Gasteiger partial charge is 0.272 e. The van der Waals surface area contributed by atoms with Crippen LogP contribution < -0.4 is 0 Å². The Labute approximate surface area is 157 Å². The van der Waals surface area contributed by atoms with Crippen LogP contribution in [-0.4, -0.2) is 57.6 Å². The molecule has 0 aliphatic carbocycles. The van der Waals surface area contributed by atoms with Crippen molar-refractivity contribution in [2.24, 2.45) is 0 Å². The first kappa shape index (κ1) is 18.8. The second-order valence-electron chi connectivity index (χ2n) is 6.30. The van der Waals surface area contributed by atoms with Gasteiger partial charge in [0, 0.05) is 38.4 Å². The minimum Gasteiger partial charge on any atom is -0.335 e. The van der Waals surface area contributed by atoms with Gasteiger partial charge >= 0.3 is 0 Å². The topological polar surface area (TPSA) is 49.3 Å². The van der Waals surface area contributed by atoms with E-state index < -0.39 is 0 Å². The number of rotatable bonds is 5. The van der Waals surface area contributed by atoms with E-state index in [4.69, 9.17) is 0 Å². The molecule has 0 saturated carbocycles. The van der Waals surface area contributed by atoms with E-state index in [1.807, 2.05) is 30.9 Å². The zero-order valence-electron chi connectivity index (χ0n) is 15.1. The van der Waals surface area contributed by atoms with Gasteiger partial charge in [0.25, 0.3) is 5.91 Å². The quantitative estimate of drug-likeness (QED) is 0.595. The van der Waals surface area contributed by atoms with Crippen LogP contribution in [0.25, 0.3) is 0 Å². The molecule has 0 spiro atoms. The largest absolute Gasteiger partial charge is 0.335 e. The first-order valence-corrected chi connectivity index (χ1v) is 9.78. The maximum absolute atomic E-state index is 13.0. The molecule has 0 bridgehead atoms. The Kier molecular flexibility index (Phi) is 6.21. The third kappa shape index (κ3) is 4.80. The Hall–Kier alpha value is -1.99. The van der Waals surface area contributed by atoms with Gasteiger partial charge in [-0.15, -0.1) is 0 Å². The molecule has 1 saturated heterocycles. The predicted molar refractivity (Wildman–Crippen MR) is 101 cm³/mol. The third-order valence-corrected chi connectivity index (χ3v) is 5.03. The Morgan fingerprint density at radius 3 is 2.50 bits per heavy atom. The second kappa shape index (κ2) is 8.60. The number of aryl methyl sites for hydroxylation is 1. The van der Waals surface area contributed by atoms with Crippen LogP contribution in [-0.2, 0) is 6.54 Å². The standard InChI is InChI=1S/C19H23FN4OS/c1-3-26-19-21-14(2)12-17(22-19)18(25)24-10-8-23(9-11-24)13-15-4-6-16(20)7-5-15/h4-7,12H,3,8-11,13H2,1-2H3. The van der Waals surface area contributed by atoms with Crippen molar-refractivity contribution in [3.63, 3.8) is 0 Å². The number of carbonyl (C=O) groups is 1. The molecule has 0 N–H and O–H groups in total. The van der Waals surface area contributed by atoms with Gasteiger partial charge in [0.15, 0.2) is 5.16 Å². The first-order chi connectivity index (χ1) is 12.5. The summed E-state index contributed by atoms with van der Waals surface area (Å²) in [5, 5.41) is 0.658. The summed E-state index contributed by atoms with van der Waals surface area (Å²) < 4.78 is 13.0. The molecule has 138 valence electrons. The molecule has 1 amide bonds. The number of amides is 1. The van der Waals surface area contributed by atoms with Gasteiger partial charge in [0.2, 0.25) is 0 Å². The lowest BCUT2D eigenvalue weighted by Crippen LogP contribution is -2.48. The fraction of sp³-hybridized carbons (Fsp3) is 0.421. The van der Waals surface area contributed by atoms with E-state index in [9.17, 15) is 9.18 Å². The molecular weight excluding hydrogens is 351 g/mol. The van der Waals surface area contributed by atoms with Crippen LogP contribution in [0, 0.1) is 12.7 Å². The SMILES string of the molecule is CCSc1nc(C)cc(C(=O)N2CCN(Cc3ccc(F)cc3)CC2)n1. The molecule has 3 rings (SSSR count). The number of halogens is 1. The van der Waals surface area contributed by atoms with Crippen molar-refractivity contribution in [2.45, 2.75) is 25.5 Å². The molecule has 0 unspecified atom stereocenters. The van der Waals surface area contributed by atoms with Crippen LogP contribution >= 0.6 is 11.8 Å². The van der Waals surface area contributed by atoms with Crippen LogP contribution in [0.15, 0.2) is 35.5 Å². The van der Waals surface area contributed by atoms with E-state index in [0.717, 1.165) is 36.6 Å². The van der Waals surface area contributed by atoms with Crippen LogP contribution in [0.1, 0.15) is 28.7 Å². The molecule has 5 nitrogen and oxygen atoms in total. The fourth-order valence-corrected chi connectivity index (χ4v) is 3.59. The van der Waals surface area contributed by atoms with Crippen molar-refractivity contribution >= 4 is 17.7 Å². The van der Waals surface area contributed by atoms with E-state index in [1.165, 1.54) is 12.1 Å². The van der Waals surface area contributed by atoms with Gasteiger partial charge in [-0.1, -0.05) is 30.8 Å². The average molecular weight is 374 g/mol. The highest BCUT2D eigenvalue weighted by atomic mass is 32.2. The molecule has 7 heteroatoms. The number of carbonyl (C=O) groups excluding carboxylic acids is 1. The van der Waals surface area contributed by atoms with Gasteiger partial charge in [-0.25, -0.2) is 14.4 Å². The van der Waals surface area contributed by atoms with Gasteiger partial charge in [0.1, 0.15) is 11.5 Å². The molecule has 1 fully saturated rings. The van der Waals surface area contributed by atoms with Crippen molar-refractivity contribution in [1.82, 2.24) is 19.8 Å². The summed E-state index contributed by atoms with van der Waals surface area (Å²) >= 11 is 1.54. The van der Waals surface area contributed by atoms with Gasteiger partial charge in [0.05, 0.1) is 0 Å². The highest BCUT2D eigenvalue weighted by Crippen LogP contribution is 2.16. The number of hydrogen-bond acceptors (Lipinski definition) is 5. The van der Waals surface area contributed by atoms with Gasteiger partial charge < -0.3 is 4.90 Å². The number of nitrogens with zero attached hydrogens (tertiary/aromatic N) is 4. The number of thioether (sulfide) groups is 1. The minimum absolute atomic E-state index is 0.0325. The predicted octanol–water partition coefficient (Wildman–Crippen LogP) is 2.99. The molecule has 1 aromatic heterocycles. The Morgan fingerprint density at radius 1 is 1.15 bits per heavy atom. The molecule has 0 radical (unpaired) electrons. The monoisotopic (exact) mass is 374 g/mol. The lowest BCUT2D eigenvalue weighted by molar-refractivity contribution is 0.0621. The molecule has 0 atom stereocenters. The molecule has 1 aliphatic heterocycles. The van der Waals surface area contributed by atoms with Crippen LogP contribution in [0.3, 0.4) is 0 Å². The summed E-state index contributed by atoms with van der Waals surface area (Å²) in [5.41, 5.74) is 2.37. The van der Waals surface area contributed by atoms with Gasteiger partial charge in [-0.3, -0.25) is 9.69 Å². The van der Waals surface area contributed by atoms with Crippen LogP contribution in [0.2, 0.25) is 0 Å². The van der Waals surface area contributed by atoms with Crippen LogP contribution in [0.5, 0.6) is 0 Å². The van der Waals surface area contributed by atoms with E-state index in [1.54, 1.807) is 17.8 Å². The third-order valence-electron chi connectivity index (χ3n) is 4.31. The maximum atomic E-state index is 13.0. The van der Waals surface area contributed by atoms with E-state index in [0.29, 0.717) is 23.9 Å². The number of aromatic nitrogens is 2. The Morgan fingerprint density at radius 2 is 1.85 bits per heavy atom. The molecular formula is C19H23FN4OS. The highest BCUT2D eigenvalue weighted by Gasteiger charge is 2.23. The van der Waals surface area contributed by atoms with Crippen molar-refractivity contribution in [3.8, 4) is 0 Å². The first-order valence-electron chi connectivity index (χ1n) is 8.79. The fourth-order valence-electron chi connectivity index (χ4n) is 2.96. The number of hydrogen-bond donors (Lipinski definition) is 0. The summed E-state index contributed by atoms with van der Waals surface area (Å²) in [6.45, 7) is 7.62. The normalized spacial score (nSPS) is 15.3. The minimum atomic E-state index is -0.218. The van der Waals surface area contributed by atoms with E-state index >= 15 is 0 Å². The number of benzene rings is 1. The Bertz CT molecular complexity index is 761.